The molecule has 7 heteroatoms. The molecule has 2 aromatic heterocycles. The summed E-state index contributed by atoms with van der Waals surface area (Å²) in [5.41, 5.74) is 3.64. The van der Waals surface area contributed by atoms with Crippen LogP contribution in [0.15, 0.2) is 46.2 Å². The normalized spacial score (nSPS) is 11.3. The molecule has 0 aliphatic heterocycles. The van der Waals surface area contributed by atoms with Gasteiger partial charge in [-0.1, -0.05) is 11.6 Å². The SMILES string of the molecule is CN=C(NCCc1c[nH]c2ccc(Cl)cc12)NCc1ccsc1.I. The highest BCUT2D eigenvalue weighted by Gasteiger charge is 2.05. The number of hydrogen-bond donors (Lipinski definition) is 3. The van der Waals surface area contributed by atoms with Crippen molar-refractivity contribution in [1.29, 1.82) is 0 Å². The standard InChI is InChI=1S/C17H19ClN4S.HI/c1-19-17(22-9-12-5-7-23-11-12)20-6-4-13-10-21-16-3-2-14(18)8-15(13)16;/h2-3,5,7-8,10-11,21H,4,6,9H2,1H3,(H2,19,20,22);1H. The molecule has 0 atom stereocenters. The first kappa shape index (κ1) is 19.1. The van der Waals surface area contributed by atoms with E-state index in [4.69, 9.17) is 11.6 Å². The molecule has 0 bridgehead atoms. The first-order valence-corrected chi connectivity index (χ1v) is 8.79. The van der Waals surface area contributed by atoms with Crippen molar-refractivity contribution in [2.75, 3.05) is 13.6 Å². The molecule has 3 N–H and O–H groups in total. The fraction of sp³-hybridized carbons (Fsp3) is 0.235. The van der Waals surface area contributed by atoms with Gasteiger partial charge >= 0.3 is 0 Å². The highest BCUT2D eigenvalue weighted by Crippen LogP contribution is 2.22. The Hall–Kier alpha value is -1.25. The highest BCUT2D eigenvalue weighted by molar-refractivity contribution is 14.0. The number of thiophene rings is 1. The molecular formula is C17H20ClIN4S. The lowest BCUT2D eigenvalue weighted by molar-refractivity contribution is 0.797. The lowest BCUT2D eigenvalue weighted by Gasteiger charge is -2.11. The number of guanidine groups is 1. The van der Waals surface area contributed by atoms with E-state index in [-0.39, 0.29) is 24.0 Å². The fourth-order valence-electron chi connectivity index (χ4n) is 2.47. The molecule has 3 aromatic rings. The molecule has 128 valence electrons. The van der Waals surface area contributed by atoms with Gasteiger partial charge in [-0.15, -0.1) is 24.0 Å². The highest BCUT2D eigenvalue weighted by atomic mass is 127. The van der Waals surface area contributed by atoms with Gasteiger partial charge in [0.05, 0.1) is 0 Å². The van der Waals surface area contributed by atoms with Crippen molar-refractivity contribution in [3.8, 4) is 0 Å². The molecule has 2 heterocycles. The smallest absolute Gasteiger partial charge is 0.191 e. The minimum absolute atomic E-state index is 0. The maximum Gasteiger partial charge on any atom is 0.191 e. The van der Waals surface area contributed by atoms with Crippen LogP contribution in [0.5, 0.6) is 0 Å². The number of benzene rings is 1. The molecule has 0 saturated heterocycles. The summed E-state index contributed by atoms with van der Waals surface area (Å²) in [6.45, 7) is 1.59. The van der Waals surface area contributed by atoms with Crippen molar-refractivity contribution in [1.82, 2.24) is 15.6 Å². The van der Waals surface area contributed by atoms with Crippen molar-refractivity contribution in [3.63, 3.8) is 0 Å². The van der Waals surface area contributed by atoms with Crippen LogP contribution in [0.1, 0.15) is 11.1 Å². The third-order valence-corrected chi connectivity index (χ3v) is 4.65. The monoisotopic (exact) mass is 474 g/mol. The van der Waals surface area contributed by atoms with Crippen molar-refractivity contribution in [2.45, 2.75) is 13.0 Å². The van der Waals surface area contributed by atoms with Gasteiger partial charge < -0.3 is 15.6 Å². The van der Waals surface area contributed by atoms with Gasteiger partial charge in [0.1, 0.15) is 0 Å². The lowest BCUT2D eigenvalue weighted by atomic mass is 10.1. The van der Waals surface area contributed by atoms with Gasteiger partial charge in [0.25, 0.3) is 0 Å². The number of nitrogens with zero attached hydrogens (tertiary/aromatic N) is 1. The Bertz CT molecular complexity index is 798. The Balaban J connectivity index is 0.00000208. The van der Waals surface area contributed by atoms with E-state index in [1.165, 1.54) is 16.5 Å². The third-order valence-electron chi connectivity index (χ3n) is 3.68. The zero-order valence-corrected chi connectivity index (χ0v) is 17.2. The van der Waals surface area contributed by atoms with Crippen LogP contribution >= 0.6 is 46.9 Å². The first-order chi connectivity index (χ1) is 11.3. The number of rotatable bonds is 5. The van der Waals surface area contributed by atoms with E-state index in [0.29, 0.717) is 0 Å². The number of aromatic nitrogens is 1. The molecule has 24 heavy (non-hydrogen) atoms. The van der Waals surface area contributed by atoms with E-state index in [9.17, 15) is 0 Å². The van der Waals surface area contributed by atoms with Gasteiger partial charge in [0, 0.05) is 42.3 Å². The number of halogens is 2. The number of H-pyrrole nitrogens is 1. The predicted molar refractivity (Wildman–Crippen MR) is 115 cm³/mol. The van der Waals surface area contributed by atoms with Crippen molar-refractivity contribution in [3.05, 3.63) is 57.4 Å². The molecule has 0 amide bonds. The van der Waals surface area contributed by atoms with Crippen LogP contribution in [0.25, 0.3) is 10.9 Å². The Morgan fingerprint density at radius 1 is 1.29 bits per heavy atom. The zero-order valence-electron chi connectivity index (χ0n) is 13.3. The van der Waals surface area contributed by atoms with Crippen molar-refractivity contribution >= 4 is 63.8 Å². The summed E-state index contributed by atoms with van der Waals surface area (Å²) in [6.07, 6.45) is 2.95. The second-order valence-electron chi connectivity index (χ2n) is 5.24. The minimum atomic E-state index is 0. The van der Waals surface area contributed by atoms with Gasteiger partial charge in [-0.2, -0.15) is 11.3 Å². The molecule has 1 aromatic carbocycles. The maximum absolute atomic E-state index is 6.09. The van der Waals surface area contributed by atoms with Crippen LogP contribution in [0.4, 0.5) is 0 Å². The maximum atomic E-state index is 6.09. The summed E-state index contributed by atoms with van der Waals surface area (Å²) >= 11 is 7.79. The van der Waals surface area contributed by atoms with Crippen LogP contribution in [0, 0.1) is 0 Å². The molecule has 0 radical (unpaired) electrons. The van der Waals surface area contributed by atoms with Gasteiger partial charge in [-0.05, 0) is 52.6 Å². The molecule has 3 rings (SSSR count). The average Bonchev–Trinajstić information content (AvgIpc) is 3.20. The zero-order chi connectivity index (χ0) is 16.1. The number of nitrogens with one attached hydrogen (secondary N) is 3. The molecule has 0 aliphatic rings. The summed E-state index contributed by atoms with van der Waals surface area (Å²) in [5, 5.41) is 12.8. The number of hydrogen-bond acceptors (Lipinski definition) is 2. The van der Waals surface area contributed by atoms with Gasteiger partial charge in [-0.25, -0.2) is 0 Å². The molecule has 0 saturated carbocycles. The second-order valence-corrected chi connectivity index (χ2v) is 6.45. The van der Waals surface area contributed by atoms with Crippen LogP contribution in [-0.2, 0) is 13.0 Å². The topological polar surface area (TPSA) is 52.2 Å². The van der Waals surface area contributed by atoms with Gasteiger partial charge in [0.15, 0.2) is 5.96 Å². The summed E-state index contributed by atoms with van der Waals surface area (Å²) < 4.78 is 0. The van der Waals surface area contributed by atoms with Crippen LogP contribution in [-0.4, -0.2) is 24.5 Å². The molecule has 4 nitrogen and oxygen atoms in total. The Morgan fingerprint density at radius 3 is 2.92 bits per heavy atom. The second kappa shape index (κ2) is 9.29. The van der Waals surface area contributed by atoms with E-state index in [1.54, 1.807) is 18.4 Å². The van der Waals surface area contributed by atoms with Crippen molar-refractivity contribution < 1.29 is 0 Å². The third kappa shape index (κ3) is 4.87. The average molecular weight is 475 g/mol. The Labute approximate surface area is 167 Å². The van der Waals surface area contributed by atoms with E-state index in [0.717, 1.165) is 36.0 Å². The molecule has 0 fully saturated rings. The Morgan fingerprint density at radius 2 is 2.17 bits per heavy atom. The largest absolute Gasteiger partial charge is 0.361 e. The van der Waals surface area contributed by atoms with E-state index >= 15 is 0 Å². The van der Waals surface area contributed by atoms with Gasteiger partial charge in [0.2, 0.25) is 0 Å². The number of aliphatic imine (C=N–C) groups is 1. The summed E-state index contributed by atoms with van der Waals surface area (Å²) in [7, 11) is 1.79. The quantitative estimate of drug-likeness (QED) is 0.291. The molecule has 0 spiro atoms. The van der Waals surface area contributed by atoms with Crippen molar-refractivity contribution in [2.24, 2.45) is 4.99 Å². The minimum Gasteiger partial charge on any atom is -0.361 e. The van der Waals surface area contributed by atoms with Crippen LogP contribution in [0.3, 0.4) is 0 Å². The van der Waals surface area contributed by atoms with E-state index in [2.05, 4.69) is 37.4 Å². The molecular weight excluding hydrogens is 455 g/mol. The summed E-state index contributed by atoms with van der Waals surface area (Å²) in [6, 6.07) is 8.03. The van der Waals surface area contributed by atoms with E-state index in [1.807, 2.05) is 24.4 Å². The molecule has 0 aliphatic carbocycles. The van der Waals surface area contributed by atoms with Crippen LogP contribution in [0.2, 0.25) is 5.02 Å². The first-order valence-electron chi connectivity index (χ1n) is 7.47. The molecule has 0 unspecified atom stereocenters. The van der Waals surface area contributed by atoms with Gasteiger partial charge in [-0.3, -0.25) is 4.99 Å². The summed E-state index contributed by atoms with van der Waals surface area (Å²) in [4.78, 5) is 7.53. The van der Waals surface area contributed by atoms with E-state index < -0.39 is 0 Å². The van der Waals surface area contributed by atoms with Crippen LogP contribution < -0.4 is 10.6 Å². The fourth-order valence-corrected chi connectivity index (χ4v) is 3.31. The predicted octanol–water partition coefficient (Wildman–Crippen LogP) is 4.41. The Kier molecular flexibility index (Phi) is 7.39. The summed E-state index contributed by atoms with van der Waals surface area (Å²) in [5.74, 6) is 0.814. The number of fused-ring (bicyclic) bond motifs is 1. The lowest BCUT2D eigenvalue weighted by Crippen LogP contribution is -2.37. The number of aromatic amines is 1.